The smallest absolute Gasteiger partial charge is 0.328 e. The lowest BCUT2D eigenvalue weighted by molar-refractivity contribution is -0.144. The maximum Gasteiger partial charge on any atom is 0.328 e. The number of ether oxygens (including phenoxy) is 1. The van der Waals surface area contributed by atoms with Gasteiger partial charge in [0.25, 0.3) is 0 Å². The zero-order valence-electron chi connectivity index (χ0n) is 11.2. The van der Waals surface area contributed by atoms with Gasteiger partial charge < -0.3 is 10.1 Å². The molecule has 0 heterocycles. The molecule has 0 saturated heterocycles. The molecule has 0 fully saturated rings. The molecule has 0 bridgehead atoms. The third-order valence-electron chi connectivity index (χ3n) is 2.92. The molecular formula is C14H19NO3. The highest BCUT2D eigenvalue weighted by atomic mass is 16.5. The van der Waals surface area contributed by atoms with Gasteiger partial charge in [-0.25, -0.2) is 4.79 Å². The van der Waals surface area contributed by atoms with Crippen molar-refractivity contribution < 1.29 is 14.3 Å². The molecule has 4 heteroatoms. The molecule has 18 heavy (non-hydrogen) atoms. The lowest BCUT2D eigenvalue weighted by atomic mass is 9.96. The van der Waals surface area contributed by atoms with E-state index in [9.17, 15) is 9.59 Å². The fourth-order valence-corrected chi connectivity index (χ4v) is 1.96. The van der Waals surface area contributed by atoms with Crippen molar-refractivity contribution in [3.8, 4) is 0 Å². The molecule has 0 saturated carbocycles. The van der Waals surface area contributed by atoms with Crippen LogP contribution < -0.4 is 5.32 Å². The fourth-order valence-electron chi connectivity index (χ4n) is 1.96. The Hall–Kier alpha value is -1.84. The number of esters is 1. The number of hydrogen-bond donors (Lipinski definition) is 1. The van der Waals surface area contributed by atoms with Gasteiger partial charge in [0.2, 0.25) is 5.91 Å². The van der Waals surface area contributed by atoms with Crippen LogP contribution in [0.15, 0.2) is 18.2 Å². The Morgan fingerprint density at radius 1 is 1.28 bits per heavy atom. The van der Waals surface area contributed by atoms with Crippen molar-refractivity contribution in [3.05, 3.63) is 34.9 Å². The molecule has 0 radical (unpaired) electrons. The van der Waals surface area contributed by atoms with E-state index in [4.69, 9.17) is 4.74 Å². The monoisotopic (exact) mass is 249 g/mol. The summed E-state index contributed by atoms with van der Waals surface area (Å²) in [7, 11) is 1.32. The largest absolute Gasteiger partial charge is 0.467 e. The summed E-state index contributed by atoms with van der Waals surface area (Å²) in [6.45, 7) is 5.37. The zero-order chi connectivity index (χ0) is 13.7. The second-order valence-corrected chi connectivity index (χ2v) is 4.35. The summed E-state index contributed by atoms with van der Waals surface area (Å²) < 4.78 is 4.71. The van der Waals surface area contributed by atoms with Gasteiger partial charge in [0.05, 0.1) is 7.11 Å². The predicted octanol–water partition coefficient (Wildman–Crippen LogP) is 1.52. The molecule has 1 atom stereocenters. The highest BCUT2D eigenvalue weighted by molar-refractivity contribution is 5.83. The molecule has 1 amide bonds. The van der Waals surface area contributed by atoms with E-state index in [0.717, 1.165) is 16.7 Å². The molecule has 1 unspecified atom stereocenters. The number of carbonyl (C=O) groups excluding carboxylic acids is 2. The summed E-state index contributed by atoms with van der Waals surface area (Å²) in [5.41, 5.74) is 3.28. The number of nitrogens with one attached hydrogen (secondary N) is 1. The van der Waals surface area contributed by atoms with Crippen LogP contribution in [0.2, 0.25) is 0 Å². The van der Waals surface area contributed by atoms with Crippen molar-refractivity contribution in [2.75, 3.05) is 7.11 Å². The minimum Gasteiger partial charge on any atom is -0.467 e. The highest BCUT2D eigenvalue weighted by Gasteiger charge is 2.21. The van der Waals surface area contributed by atoms with Crippen LogP contribution in [-0.2, 0) is 20.7 Å². The average molecular weight is 249 g/mol. The number of hydrogen-bond acceptors (Lipinski definition) is 3. The van der Waals surface area contributed by atoms with Gasteiger partial charge in [-0.3, -0.25) is 4.79 Å². The Morgan fingerprint density at radius 2 is 1.83 bits per heavy atom. The van der Waals surface area contributed by atoms with E-state index >= 15 is 0 Å². The second kappa shape index (κ2) is 6.19. The van der Waals surface area contributed by atoms with Crippen molar-refractivity contribution in [2.45, 2.75) is 33.2 Å². The van der Waals surface area contributed by atoms with Crippen LogP contribution in [0.3, 0.4) is 0 Å². The summed E-state index contributed by atoms with van der Waals surface area (Å²) in [6.07, 6.45) is 0.449. The third-order valence-corrected chi connectivity index (χ3v) is 2.92. The van der Waals surface area contributed by atoms with E-state index in [2.05, 4.69) is 5.32 Å². The van der Waals surface area contributed by atoms with Gasteiger partial charge in [0.1, 0.15) is 6.04 Å². The lowest BCUT2D eigenvalue weighted by Gasteiger charge is -2.18. The van der Waals surface area contributed by atoms with Gasteiger partial charge in [0, 0.05) is 13.3 Å². The molecule has 98 valence electrons. The number of carbonyl (C=O) groups is 2. The molecule has 0 aliphatic rings. The van der Waals surface area contributed by atoms with Crippen LogP contribution in [0, 0.1) is 13.8 Å². The molecule has 1 rings (SSSR count). The number of benzene rings is 1. The van der Waals surface area contributed by atoms with Gasteiger partial charge in [0.15, 0.2) is 0 Å². The average Bonchev–Trinajstić information content (AvgIpc) is 2.31. The van der Waals surface area contributed by atoms with E-state index in [1.54, 1.807) is 0 Å². The van der Waals surface area contributed by atoms with Gasteiger partial charge in [-0.15, -0.1) is 0 Å². The standard InChI is InChI=1S/C14H19NO3/c1-9-6-5-7-10(2)12(9)8-13(14(17)18-4)15-11(3)16/h5-7,13H,8H2,1-4H3,(H,15,16). The second-order valence-electron chi connectivity index (χ2n) is 4.35. The van der Waals surface area contributed by atoms with Crippen molar-refractivity contribution >= 4 is 11.9 Å². The first-order valence-corrected chi connectivity index (χ1v) is 5.85. The lowest BCUT2D eigenvalue weighted by Crippen LogP contribution is -2.42. The van der Waals surface area contributed by atoms with Crippen LogP contribution >= 0.6 is 0 Å². The number of methoxy groups -OCH3 is 1. The molecule has 0 aliphatic heterocycles. The highest BCUT2D eigenvalue weighted by Crippen LogP contribution is 2.15. The maximum absolute atomic E-state index is 11.6. The van der Waals surface area contributed by atoms with Crippen LogP contribution in [-0.4, -0.2) is 25.0 Å². The fraction of sp³-hybridized carbons (Fsp3) is 0.429. The van der Waals surface area contributed by atoms with E-state index in [-0.39, 0.29) is 5.91 Å². The van der Waals surface area contributed by atoms with Crippen LogP contribution in [0.25, 0.3) is 0 Å². The van der Waals surface area contributed by atoms with Crippen LogP contribution in [0.5, 0.6) is 0 Å². The number of amides is 1. The molecule has 1 aromatic carbocycles. The topological polar surface area (TPSA) is 55.4 Å². The first kappa shape index (κ1) is 14.2. The maximum atomic E-state index is 11.6. The Bertz CT molecular complexity index is 434. The molecule has 0 spiro atoms. The minimum absolute atomic E-state index is 0.239. The predicted molar refractivity (Wildman–Crippen MR) is 69.2 cm³/mol. The summed E-state index contributed by atoms with van der Waals surface area (Å²) in [4.78, 5) is 22.8. The number of aryl methyl sites for hydroxylation is 2. The first-order chi connectivity index (χ1) is 8.45. The van der Waals surface area contributed by atoms with Gasteiger partial charge in [-0.05, 0) is 30.5 Å². The van der Waals surface area contributed by atoms with Gasteiger partial charge in [-0.1, -0.05) is 18.2 Å². The van der Waals surface area contributed by atoms with E-state index in [1.165, 1.54) is 14.0 Å². The number of rotatable bonds is 4. The Morgan fingerprint density at radius 3 is 2.28 bits per heavy atom. The Kier molecular flexibility index (Phi) is 4.89. The molecule has 1 aromatic rings. The Labute approximate surface area is 107 Å². The van der Waals surface area contributed by atoms with E-state index in [0.29, 0.717) is 6.42 Å². The molecule has 1 N–H and O–H groups in total. The van der Waals surface area contributed by atoms with Gasteiger partial charge in [-0.2, -0.15) is 0 Å². The van der Waals surface area contributed by atoms with Crippen molar-refractivity contribution in [3.63, 3.8) is 0 Å². The summed E-state index contributed by atoms with van der Waals surface area (Å²) in [6, 6.07) is 5.32. The SMILES string of the molecule is COC(=O)C(Cc1c(C)cccc1C)NC(C)=O. The summed E-state index contributed by atoms with van der Waals surface area (Å²) in [5, 5.41) is 2.62. The van der Waals surface area contributed by atoms with Crippen molar-refractivity contribution in [2.24, 2.45) is 0 Å². The molecule has 4 nitrogen and oxygen atoms in total. The van der Waals surface area contributed by atoms with Gasteiger partial charge >= 0.3 is 5.97 Å². The van der Waals surface area contributed by atoms with Crippen LogP contribution in [0.4, 0.5) is 0 Å². The summed E-state index contributed by atoms with van der Waals surface area (Å²) >= 11 is 0. The Balaban J connectivity index is 2.95. The molecule has 0 aromatic heterocycles. The van der Waals surface area contributed by atoms with Crippen molar-refractivity contribution in [1.82, 2.24) is 5.32 Å². The normalized spacial score (nSPS) is 11.8. The molecular weight excluding hydrogens is 230 g/mol. The van der Waals surface area contributed by atoms with Crippen molar-refractivity contribution in [1.29, 1.82) is 0 Å². The summed E-state index contributed by atoms with van der Waals surface area (Å²) in [5.74, 6) is -0.663. The van der Waals surface area contributed by atoms with E-state index < -0.39 is 12.0 Å². The van der Waals surface area contributed by atoms with E-state index in [1.807, 2.05) is 32.0 Å². The third kappa shape index (κ3) is 3.58. The quantitative estimate of drug-likeness (QED) is 0.823. The minimum atomic E-state index is -0.632. The zero-order valence-corrected chi connectivity index (χ0v) is 11.2. The molecule has 0 aliphatic carbocycles. The van der Waals surface area contributed by atoms with Crippen LogP contribution in [0.1, 0.15) is 23.6 Å². The first-order valence-electron chi connectivity index (χ1n) is 5.85.